The molecule has 1 N–H and O–H groups in total. The van der Waals surface area contributed by atoms with Gasteiger partial charge in [0.15, 0.2) is 0 Å². The maximum Gasteiger partial charge on any atom is 0.257 e. The fourth-order valence-electron chi connectivity index (χ4n) is 4.99. The first-order chi connectivity index (χ1) is 16.6. The zero-order valence-electron chi connectivity index (χ0n) is 20.6. The molecule has 1 aliphatic carbocycles. The van der Waals surface area contributed by atoms with Crippen molar-refractivity contribution in [3.05, 3.63) is 89.2 Å². The molecule has 1 heterocycles. The second-order valence-corrected chi connectivity index (χ2v) is 9.37. The number of rotatable bonds is 9. The van der Waals surface area contributed by atoms with Crippen molar-refractivity contribution in [2.45, 2.75) is 70.9 Å². The molecule has 0 bridgehead atoms. The highest BCUT2D eigenvalue weighted by Crippen LogP contribution is 2.47. The minimum atomic E-state index is -0.271. The van der Waals surface area contributed by atoms with E-state index < -0.39 is 0 Å². The lowest BCUT2D eigenvalue weighted by Crippen LogP contribution is -2.35. The highest BCUT2D eigenvalue weighted by Gasteiger charge is 2.42. The van der Waals surface area contributed by atoms with Crippen molar-refractivity contribution in [2.75, 3.05) is 11.9 Å². The fraction of sp³-hybridized carbons (Fsp3) is 0.414. The van der Waals surface area contributed by atoms with Gasteiger partial charge in [-0.25, -0.2) is 9.97 Å². The summed E-state index contributed by atoms with van der Waals surface area (Å²) in [7, 11) is 0. The molecule has 1 aromatic heterocycles. The Morgan fingerprint density at radius 1 is 1.03 bits per heavy atom. The summed E-state index contributed by atoms with van der Waals surface area (Å²) < 4.78 is 0. The van der Waals surface area contributed by atoms with E-state index in [0.29, 0.717) is 24.6 Å². The van der Waals surface area contributed by atoms with Gasteiger partial charge >= 0.3 is 0 Å². The molecule has 1 saturated carbocycles. The molecule has 1 fully saturated rings. The van der Waals surface area contributed by atoms with Crippen molar-refractivity contribution < 1.29 is 4.79 Å². The first-order valence-electron chi connectivity index (χ1n) is 12.6. The van der Waals surface area contributed by atoms with Crippen molar-refractivity contribution >= 4 is 11.9 Å². The molecule has 5 heteroatoms. The van der Waals surface area contributed by atoms with Crippen LogP contribution in [0.5, 0.6) is 0 Å². The molecule has 0 aliphatic heterocycles. The van der Waals surface area contributed by atoms with Crippen molar-refractivity contribution in [1.82, 2.24) is 14.9 Å². The minimum absolute atomic E-state index is 0.00125. The molecule has 178 valence electrons. The largest absolute Gasteiger partial charge is 0.352 e. The zero-order chi connectivity index (χ0) is 24.0. The Morgan fingerprint density at radius 3 is 2.29 bits per heavy atom. The maximum atomic E-state index is 13.9. The van der Waals surface area contributed by atoms with Gasteiger partial charge < -0.3 is 10.2 Å². The first kappa shape index (κ1) is 23.9. The Morgan fingerprint density at radius 2 is 1.68 bits per heavy atom. The summed E-state index contributed by atoms with van der Waals surface area (Å²) in [5.74, 6) is 0.605. The topological polar surface area (TPSA) is 58.1 Å². The van der Waals surface area contributed by atoms with Gasteiger partial charge in [0.2, 0.25) is 5.95 Å². The van der Waals surface area contributed by atoms with Gasteiger partial charge in [-0.3, -0.25) is 4.79 Å². The number of aromatic nitrogens is 2. The van der Waals surface area contributed by atoms with Crippen LogP contribution in [0.2, 0.25) is 0 Å². The lowest BCUT2D eigenvalue weighted by molar-refractivity contribution is 0.0749. The number of carbonyl (C=O) groups is 1. The van der Waals surface area contributed by atoms with Crippen LogP contribution in [0.1, 0.15) is 80.1 Å². The van der Waals surface area contributed by atoms with E-state index in [4.69, 9.17) is 4.98 Å². The molecule has 4 rings (SSSR count). The van der Waals surface area contributed by atoms with E-state index in [-0.39, 0.29) is 17.4 Å². The van der Waals surface area contributed by atoms with E-state index >= 15 is 0 Å². The van der Waals surface area contributed by atoms with Gasteiger partial charge in [-0.05, 0) is 44.2 Å². The van der Waals surface area contributed by atoms with Gasteiger partial charge in [-0.1, -0.05) is 80.4 Å². The third kappa shape index (κ3) is 4.98. The van der Waals surface area contributed by atoms with Crippen LogP contribution in [0.25, 0.3) is 0 Å². The van der Waals surface area contributed by atoms with E-state index in [1.54, 1.807) is 6.20 Å². The molecular formula is C29H36N4O. The predicted octanol–water partition coefficient (Wildman–Crippen LogP) is 6.21. The summed E-state index contributed by atoms with van der Waals surface area (Å²) in [5, 5.41) is 3.43. The number of nitrogens with one attached hydrogen (secondary N) is 1. The van der Waals surface area contributed by atoms with Crippen LogP contribution in [-0.2, 0) is 12.0 Å². The molecule has 5 nitrogen and oxygen atoms in total. The molecule has 0 radical (unpaired) electrons. The Labute approximate surface area is 203 Å². The molecule has 0 spiro atoms. The summed E-state index contributed by atoms with van der Waals surface area (Å²) in [6.07, 6.45) is 6.96. The molecule has 0 saturated heterocycles. The fourth-order valence-corrected chi connectivity index (χ4v) is 4.99. The number of nitrogens with zero attached hydrogens (tertiary/aromatic N) is 3. The molecule has 1 atom stereocenters. The Hall–Kier alpha value is -3.21. The second-order valence-electron chi connectivity index (χ2n) is 9.37. The first-order valence-corrected chi connectivity index (χ1v) is 12.6. The maximum absolute atomic E-state index is 13.9. The van der Waals surface area contributed by atoms with Crippen LogP contribution in [-0.4, -0.2) is 33.4 Å². The van der Waals surface area contributed by atoms with Gasteiger partial charge in [0.1, 0.15) is 0 Å². The normalized spacial score (nSPS) is 15.6. The van der Waals surface area contributed by atoms with E-state index in [0.717, 1.165) is 43.4 Å². The number of carbonyl (C=O) groups excluding carboxylic acids is 1. The van der Waals surface area contributed by atoms with Crippen molar-refractivity contribution in [3.63, 3.8) is 0 Å². The number of benzene rings is 2. The third-order valence-electron chi connectivity index (χ3n) is 7.13. The number of amides is 1. The molecule has 2 aromatic carbocycles. The third-order valence-corrected chi connectivity index (χ3v) is 7.13. The van der Waals surface area contributed by atoms with Crippen LogP contribution in [0.4, 0.5) is 5.95 Å². The summed E-state index contributed by atoms with van der Waals surface area (Å²) in [4.78, 5) is 25.5. The molecule has 34 heavy (non-hydrogen) atoms. The smallest absolute Gasteiger partial charge is 0.257 e. The Bertz CT molecular complexity index is 1080. The van der Waals surface area contributed by atoms with Crippen LogP contribution < -0.4 is 5.32 Å². The Kier molecular flexibility index (Phi) is 7.61. The van der Waals surface area contributed by atoms with Crippen LogP contribution in [0, 0.1) is 0 Å². The predicted molar refractivity (Wildman–Crippen MR) is 138 cm³/mol. The standard InChI is InChI=1S/C29H36N4O/c1-4-22(3)31-28-30-20-25(27(34)33(5-2)21-23-14-8-6-9-15-23)26(32-28)29(18-12-13-19-29)24-16-10-7-11-17-24/h6-11,14-17,20,22H,4-5,12-13,18-19,21H2,1-3H3,(H,30,31,32). The summed E-state index contributed by atoms with van der Waals surface area (Å²) >= 11 is 0. The molecule has 3 aromatic rings. The lowest BCUT2D eigenvalue weighted by Gasteiger charge is -2.32. The highest BCUT2D eigenvalue weighted by atomic mass is 16.2. The van der Waals surface area contributed by atoms with Gasteiger partial charge in [-0.2, -0.15) is 0 Å². The minimum Gasteiger partial charge on any atom is -0.352 e. The van der Waals surface area contributed by atoms with Gasteiger partial charge in [0, 0.05) is 30.7 Å². The number of hydrogen-bond acceptors (Lipinski definition) is 4. The summed E-state index contributed by atoms with van der Waals surface area (Å²) in [6, 6.07) is 21.0. The quantitative estimate of drug-likeness (QED) is 0.416. The Balaban J connectivity index is 1.79. The van der Waals surface area contributed by atoms with Crippen molar-refractivity contribution in [1.29, 1.82) is 0 Å². The molecular weight excluding hydrogens is 420 g/mol. The van der Waals surface area contributed by atoms with Gasteiger partial charge in [-0.15, -0.1) is 0 Å². The van der Waals surface area contributed by atoms with Crippen molar-refractivity contribution in [3.8, 4) is 0 Å². The van der Waals surface area contributed by atoms with E-state index in [9.17, 15) is 4.79 Å². The highest BCUT2D eigenvalue weighted by molar-refractivity contribution is 5.95. The summed E-state index contributed by atoms with van der Waals surface area (Å²) in [6.45, 7) is 7.49. The van der Waals surface area contributed by atoms with E-state index in [1.165, 1.54) is 5.56 Å². The zero-order valence-corrected chi connectivity index (χ0v) is 20.6. The van der Waals surface area contributed by atoms with Crippen molar-refractivity contribution in [2.24, 2.45) is 0 Å². The monoisotopic (exact) mass is 456 g/mol. The van der Waals surface area contributed by atoms with E-state index in [1.807, 2.05) is 36.1 Å². The SMILES string of the molecule is CCC(C)Nc1ncc(C(=O)N(CC)Cc2ccccc2)c(C2(c3ccccc3)CCCC2)n1. The molecule has 1 unspecified atom stereocenters. The van der Waals surface area contributed by atoms with Crippen LogP contribution >= 0.6 is 0 Å². The van der Waals surface area contributed by atoms with E-state index in [2.05, 4.69) is 60.5 Å². The van der Waals surface area contributed by atoms with Gasteiger partial charge in [0.05, 0.1) is 11.3 Å². The van der Waals surface area contributed by atoms with Crippen LogP contribution in [0.3, 0.4) is 0 Å². The second kappa shape index (κ2) is 10.8. The lowest BCUT2D eigenvalue weighted by atomic mass is 9.74. The van der Waals surface area contributed by atoms with Gasteiger partial charge in [0.25, 0.3) is 5.91 Å². The number of hydrogen-bond donors (Lipinski definition) is 1. The molecule has 1 amide bonds. The average molecular weight is 457 g/mol. The molecule has 1 aliphatic rings. The average Bonchev–Trinajstić information content (AvgIpc) is 3.39. The number of anilines is 1. The summed E-state index contributed by atoms with van der Waals surface area (Å²) in [5.41, 5.74) is 3.58. The van der Waals surface area contributed by atoms with Crippen LogP contribution in [0.15, 0.2) is 66.9 Å².